The minimum Gasteiger partial charge on any atom is -0.450 e. The Labute approximate surface area is 159 Å². The fourth-order valence-electron chi connectivity index (χ4n) is 3.45. The van der Waals surface area contributed by atoms with Gasteiger partial charge < -0.3 is 14.5 Å². The summed E-state index contributed by atoms with van der Waals surface area (Å²) in [5.41, 5.74) is 1.04. The maximum Gasteiger partial charge on any atom is 0.410 e. The predicted octanol–water partition coefficient (Wildman–Crippen LogP) is 1.26. The van der Waals surface area contributed by atoms with Gasteiger partial charge >= 0.3 is 6.09 Å². The first-order valence-corrected chi connectivity index (χ1v) is 10.3. The van der Waals surface area contributed by atoms with E-state index in [-0.39, 0.29) is 12.0 Å². The number of benzene rings is 1. The number of rotatable bonds is 3. The number of ether oxygens (including phenoxy) is 1. The molecule has 1 N–H and O–H groups in total. The fraction of sp³-hybridized carbons (Fsp3) is 0.579. The van der Waals surface area contributed by atoms with Crippen molar-refractivity contribution >= 4 is 29.4 Å². The molecule has 1 aromatic rings. The van der Waals surface area contributed by atoms with Crippen LogP contribution < -0.4 is 9.80 Å². The summed E-state index contributed by atoms with van der Waals surface area (Å²) in [7, 11) is 0. The molecule has 0 bridgehead atoms. The maximum atomic E-state index is 13.0. The summed E-state index contributed by atoms with van der Waals surface area (Å²) in [6.07, 6.45) is 0.752. The smallest absolute Gasteiger partial charge is 0.410 e. The van der Waals surface area contributed by atoms with E-state index in [2.05, 4.69) is 13.0 Å². The molecule has 0 aromatic heterocycles. The topological polar surface area (TPSA) is 54.3 Å². The highest BCUT2D eigenvalue weighted by atomic mass is 32.2. The summed E-state index contributed by atoms with van der Waals surface area (Å²) in [5, 5.41) is 0.509. The molecule has 1 fully saturated rings. The lowest BCUT2D eigenvalue weighted by Gasteiger charge is -2.32. The number of hydrogen-bond donors (Lipinski definition) is 1. The second-order valence-corrected chi connectivity index (χ2v) is 8.32. The van der Waals surface area contributed by atoms with E-state index in [0.717, 1.165) is 31.7 Å². The van der Waals surface area contributed by atoms with E-state index in [1.54, 1.807) is 4.90 Å². The Morgan fingerprint density at radius 2 is 1.96 bits per heavy atom. The van der Waals surface area contributed by atoms with Gasteiger partial charge in [0, 0.05) is 16.7 Å². The molecule has 0 saturated carbocycles. The van der Waals surface area contributed by atoms with Gasteiger partial charge in [0.05, 0.1) is 38.5 Å². The van der Waals surface area contributed by atoms with E-state index < -0.39 is 0 Å². The number of nitrogens with one attached hydrogen (secondary N) is 1. The van der Waals surface area contributed by atoms with Gasteiger partial charge in [0.15, 0.2) is 6.54 Å². The number of piperazine rings is 1. The molecule has 2 amide bonds. The summed E-state index contributed by atoms with van der Waals surface area (Å²) >= 11 is 1.85. The number of quaternary nitrogens is 1. The zero-order valence-corrected chi connectivity index (χ0v) is 16.4. The normalized spacial score (nSPS) is 21.1. The molecule has 0 aliphatic carbocycles. The zero-order valence-electron chi connectivity index (χ0n) is 15.6. The number of nitrogens with zero attached hydrogens (tertiary/aromatic N) is 2. The van der Waals surface area contributed by atoms with Crippen molar-refractivity contribution < 1.29 is 19.2 Å². The predicted molar refractivity (Wildman–Crippen MR) is 103 cm³/mol. The molecule has 6 nitrogen and oxygen atoms in total. The first kappa shape index (κ1) is 19.0. The Hall–Kier alpha value is -1.73. The van der Waals surface area contributed by atoms with Crippen molar-refractivity contribution in [1.82, 2.24) is 4.90 Å². The molecule has 2 aliphatic heterocycles. The van der Waals surface area contributed by atoms with Crippen LogP contribution in [0.2, 0.25) is 0 Å². The lowest BCUT2D eigenvalue weighted by molar-refractivity contribution is -0.895. The number of amides is 2. The van der Waals surface area contributed by atoms with Crippen molar-refractivity contribution in [2.75, 3.05) is 50.8 Å². The average Bonchev–Trinajstić information content (AvgIpc) is 2.80. The van der Waals surface area contributed by atoms with E-state index in [0.29, 0.717) is 31.5 Å². The van der Waals surface area contributed by atoms with E-state index in [1.165, 1.54) is 9.80 Å². The molecular weight excluding hydrogens is 350 g/mol. The summed E-state index contributed by atoms with van der Waals surface area (Å²) in [4.78, 5) is 30.9. The number of carbonyl (C=O) groups excluding carboxylic acids is 2. The third-order valence-electron chi connectivity index (χ3n) is 4.94. The third kappa shape index (κ3) is 4.51. The van der Waals surface area contributed by atoms with Crippen LogP contribution >= 0.6 is 11.8 Å². The number of thioether (sulfide) groups is 1. The van der Waals surface area contributed by atoms with Crippen LogP contribution in [0.4, 0.5) is 10.5 Å². The van der Waals surface area contributed by atoms with Gasteiger partial charge in [0.1, 0.15) is 0 Å². The molecule has 7 heteroatoms. The molecule has 0 unspecified atom stereocenters. The second kappa shape index (κ2) is 8.77. The maximum absolute atomic E-state index is 13.0. The zero-order chi connectivity index (χ0) is 18.5. The van der Waals surface area contributed by atoms with Gasteiger partial charge in [-0.3, -0.25) is 9.69 Å². The molecule has 2 aliphatic rings. The molecule has 1 aromatic carbocycles. The molecule has 1 saturated heterocycles. The quantitative estimate of drug-likeness (QED) is 0.861. The first-order chi connectivity index (χ1) is 12.6. The van der Waals surface area contributed by atoms with Gasteiger partial charge in [-0.05, 0) is 25.5 Å². The summed E-state index contributed by atoms with van der Waals surface area (Å²) in [5.74, 6) is 0.173. The molecule has 1 atom stereocenters. The highest BCUT2D eigenvalue weighted by Crippen LogP contribution is 2.37. The SMILES string of the molecule is CCOC(=O)N1CC[NH+](CC(=O)N2CC[C@@H](C)Sc3ccccc32)CC1. The average molecular weight is 379 g/mol. The molecule has 0 spiro atoms. The van der Waals surface area contributed by atoms with Crippen LogP contribution in [0.25, 0.3) is 0 Å². The number of fused-ring (bicyclic) bond motifs is 1. The van der Waals surface area contributed by atoms with Crippen molar-refractivity contribution in [1.29, 1.82) is 0 Å². The van der Waals surface area contributed by atoms with E-state index in [1.807, 2.05) is 41.8 Å². The second-order valence-electron chi connectivity index (χ2n) is 6.84. The van der Waals surface area contributed by atoms with Crippen molar-refractivity contribution in [3.63, 3.8) is 0 Å². The van der Waals surface area contributed by atoms with E-state index in [4.69, 9.17) is 4.74 Å². The Morgan fingerprint density at radius 3 is 2.69 bits per heavy atom. The largest absolute Gasteiger partial charge is 0.450 e. The third-order valence-corrected chi connectivity index (χ3v) is 6.18. The molecular formula is C19H28N3O3S+. The van der Waals surface area contributed by atoms with Crippen molar-refractivity contribution in [2.45, 2.75) is 30.4 Å². The molecule has 142 valence electrons. The number of para-hydroxylation sites is 1. The minimum absolute atomic E-state index is 0.173. The lowest BCUT2D eigenvalue weighted by atomic mass is 10.2. The van der Waals surface area contributed by atoms with Gasteiger partial charge in [-0.15, -0.1) is 11.8 Å². The van der Waals surface area contributed by atoms with Crippen molar-refractivity contribution in [2.24, 2.45) is 0 Å². The van der Waals surface area contributed by atoms with Gasteiger partial charge in [0.25, 0.3) is 5.91 Å². The minimum atomic E-state index is -0.245. The Morgan fingerprint density at radius 1 is 1.23 bits per heavy atom. The number of hydrogen-bond acceptors (Lipinski definition) is 4. The van der Waals surface area contributed by atoms with Gasteiger partial charge in [0.2, 0.25) is 0 Å². The van der Waals surface area contributed by atoms with Crippen molar-refractivity contribution in [3.8, 4) is 0 Å². The Balaban J connectivity index is 1.60. The molecule has 26 heavy (non-hydrogen) atoms. The van der Waals surface area contributed by atoms with Crippen LogP contribution in [0, 0.1) is 0 Å². The highest BCUT2D eigenvalue weighted by Gasteiger charge is 2.30. The van der Waals surface area contributed by atoms with Gasteiger partial charge in [-0.1, -0.05) is 19.1 Å². The monoisotopic (exact) mass is 378 g/mol. The molecule has 0 radical (unpaired) electrons. The Bertz CT molecular complexity index is 647. The van der Waals surface area contributed by atoms with Gasteiger partial charge in [-0.2, -0.15) is 0 Å². The van der Waals surface area contributed by atoms with E-state index >= 15 is 0 Å². The molecule has 2 heterocycles. The number of anilines is 1. The Kier molecular flexibility index (Phi) is 6.43. The van der Waals surface area contributed by atoms with Gasteiger partial charge in [-0.25, -0.2) is 4.79 Å². The van der Waals surface area contributed by atoms with Crippen molar-refractivity contribution in [3.05, 3.63) is 24.3 Å². The lowest BCUT2D eigenvalue weighted by Crippen LogP contribution is -3.15. The van der Waals surface area contributed by atoms with Crippen LogP contribution in [0.3, 0.4) is 0 Å². The van der Waals surface area contributed by atoms with Crippen LogP contribution in [0.5, 0.6) is 0 Å². The van der Waals surface area contributed by atoms with Crippen LogP contribution in [0.15, 0.2) is 29.2 Å². The summed E-state index contributed by atoms with van der Waals surface area (Å²) in [6.45, 7) is 8.53. The van der Waals surface area contributed by atoms with Crippen LogP contribution in [-0.2, 0) is 9.53 Å². The molecule has 3 rings (SSSR count). The number of carbonyl (C=O) groups is 2. The van der Waals surface area contributed by atoms with E-state index in [9.17, 15) is 9.59 Å². The first-order valence-electron chi connectivity index (χ1n) is 9.39. The summed E-state index contributed by atoms with van der Waals surface area (Å²) < 4.78 is 5.06. The van der Waals surface area contributed by atoms with Crippen LogP contribution in [-0.4, -0.2) is 68.0 Å². The van der Waals surface area contributed by atoms with Crippen LogP contribution in [0.1, 0.15) is 20.3 Å². The highest BCUT2D eigenvalue weighted by molar-refractivity contribution is 8.00. The summed E-state index contributed by atoms with van der Waals surface area (Å²) in [6, 6.07) is 8.19. The fourth-order valence-corrected chi connectivity index (χ4v) is 4.57. The standard InChI is InChI=1S/C19H27N3O3S/c1-3-25-19(24)21-12-10-20(11-13-21)14-18(23)22-9-8-15(2)26-17-7-5-4-6-16(17)22/h4-7,15H,3,8-14H2,1-2H3/p+1/t15-/m1/s1.